The van der Waals surface area contributed by atoms with Crippen LogP contribution in [-0.2, 0) is 11.3 Å². The smallest absolute Gasteiger partial charge is 0.337 e. The van der Waals surface area contributed by atoms with E-state index in [1.165, 1.54) is 7.11 Å². The Morgan fingerprint density at radius 3 is 2.30 bits per heavy atom. The molecule has 3 rings (SSSR count). The summed E-state index contributed by atoms with van der Waals surface area (Å²) in [6.07, 6.45) is 0. The van der Waals surface area contributed by atoms with Crippen LogP contribution < -0.4 is 14.8 Å². The molecule has 1 N–H and O–H groups in total. The summed E-state index contributed by atoms with van der Waals surface area (Å²) >= 11 is 0. The van der Waals surface area contributed by atoms with E-state index in [9.17, 15) is 9.59 Å². The molecule has 0 aliphatic rings. The highest BCUT2D eigenvalue weighted by molar-refractivity contribution is 6.04. The van der Waals surface area contributed by atoms with E-state index in [4.69, 9.17) is 9.47 Å². The molecule has 6 nitrogen and oxygen atoms in total. The van der Waals surface area contributed by atoms with Gasteiger partial charge in [-0.3, -0.25) is 4.79 Å². The Bertz CT molecular complexity index is 1040. The highest BCUT2D eigenvalue weighted by atomic mass is 16.5. The molecule has 6 heteroatoms. The normalized spacial score (nSPS) is 10.2. The van der Waals surface area contributed by atoms with Crippen molar-refractivity contribution in [1.29, 1.82) is 0 Å². The zero-order chi connectivity index (χ0) is 21.5. The second-order valence-electron chi connectivity index (χ2n) is 6.65. The monoisotopic (exact) mass is 405 g/mol. The van der Waals surface area contributed by atoms with E-state index < -0.39 is 5.97 Å². The Morgan fingerprint density at radius 2 is 1.63 bits per heavy atom. The number of amides is 1. The van der Waals surface area contributed by atoms with Crippen LogP contribution in [0.4, 0.5) is 5.69 Å². The molecular weight excluding hydrogens is 382 g/mol. The molecule has 0 aliphatic heterocycles. The summed E-state index contributed by atoms with van der Waals surface area (Å²) in [5, 5.41) is 2.82. The Morgan fingerprint density at radius 1 is 0.900 bits per heavy atom. The number of methoxy groups -OCH3 is 2. The molecule has 3 aromatic carbocycles. The van der Waals surface area contributed by atoms with E-state index in [0.29, 0.717) is 22.6 Å². The minimum absolute atomic E-state index is 0.265. The van der Waals surface area contributed by atoms with Crippen molar-refractivity contribution >= 4 is 17.6 Å². The van der Waals surface area contributed by atoms with Crippen molar-refractivity contribution in [3.05, 3.63) is 89.0 Å². The number of rotatable bonds is 7. The quantitative estimate of drug-likeness (QED) is 0.581. The van der Waals surface area contributed by atoms with E-state index in [1.54, 1.807) is 49.6 Å². The number of anilines is 1. The molecule has 154 valence electrons. The first-order chi connectivity index (χ1) is 14.5. The summed E-state index contributed by atoms with van der Waals surface area (Å²) in [6, 6.07) is 19.4. The zero-order valence-electron chi connectivity index (χ0n) is 17.1. The van der Waals surface area contributed by atoms with Crippen LogP contribution in [0.15, 0.2) is 66.7 Å². The Hall–Kier alpha value is -3.80. The molecule has 0 spiro atoms. The van der Waals surface area contributed by atoms with Gasteiger partial charge in [0.15, 0.2) is 0 Å². The van der Waals surface area contributed by atoms with Crippen LogP contribution in [0.1, 0.15) is 31.8 Å². The molecule has 0 unspecified atom stereocenters. The van der Waals surface area contributed by atoms with Crippen LogP contribution in [0.2, 0.25) is 0 Å². The third kappa shape index (κ3) is 5.17. The number of hydrogen-bond acceptors (Lipinski definition) is 5. The van der Waals surface area contributed by atoms with Gasteiger partial charge in [0.1, 0.15) is 18.1 Å². The topological polar surface area (TPSA) is 73.9 Å². The van der Waals surface area contributed by atoms with Crippen LogP contribution in [0.25, 0.3) is 0 Å². The molecule has 0 radical (unpaired) electrons. The number of carbonyl (C=O) groups excluding carboxylic acids is 2. The molecule has 0 heterocycles. The van der Waals surface area contributed by atoms with Crippen molar-refractivity contribution in [1.82, 2.24) is 0 Å². The molecule has 0 bridgehead atoms. The molecule has 0 saturated carbocycles. The first kappa shape index (κ1) is 20.9. The molecule has 3 aromatic rings. The van der Waals surface area contributed by atoms with E-state index in [0.717, 1.165) is 16.9 Å². The fraction of sp³-hybridized carbons (Fsp3) is 0.167. The summed E-state index contributed by atoms with van der Waals surface area (Å²) in [4.78, 5) is 24.2. The van der Waals surface area contributed by atoms with Gasteiger partial charge in [-0.05, 0) is 67.1 Å². The third-order valence-electron chi connectivity index (χ3n) is 4.49. The fourth-order valence-electron chi connectivity index (χ4n) is 2.91. The Labute approximate surface area is 175 Å². The van der Waals surface area contributed by atoms with Gasteiger partial charge in [0, 0.05) is 16.8 Å². The van der Waals surface area contributed by atoms with Crippen molar-refractivity contribution in [2.75, 3.05) is 19.5 Å². The Kier molecular flexibility index (Phi) is 6.70. The number of carbonyl (C=O) groups is 2. The molecule has 0 fully saturated rings. The summed E-state index contributed by atoms with van der Waals surface area (Å²) < 4.78 is 15.9. The van der Waals surface area contributed by atoms with E-state index in [2.05, 4.69) is 10.1 Å². The predicted molar refractivity (Wildman–Crippen MR) is 114 cm³/mol. The van der Waals surface area contributed by atoms with Gasteiger partial charge in [0.25, 0.3) is 5.91 Å². The second kappa shape index (κ2) is 9.60. The summed E-state index contributed by atoms with van der Waals surface area (Å²) in [5.74, 6) is 0.681. The number of aryl methyl sites for hydroxylation is 1. The predicted octanol–water partition coefficient (Wildman–Crippen LogP) is 4.62. The lowest BCUT2D eigenvalue weighted by molar-refractivity contribution is 0.0600. The lowest BCUT2D eigenvalue weighted by atomic mass is 10.1. The highest BCUT2D eigenvalue weighted by Crippen LogP contribution is 2.23. The molecule has 30 heavy (non-hydrogen) atoms. The third-order valence-corrected chi connectivity index (χ3v) is 4.49. The summed E-state index contributed by atoms with van der Waals surface area (Å²) in [7, 11) is 2.90. The average molecular weight is 405 g/mol. The maximum absolute atomic E-state index is 12.7. The largest absolute Gasteiger partial charge is 0.496 e. The fourth-order valence-corrected chi connectivity index (χ4v) is 2.91. The van der Waals surface area contributed by atoms with Gasteiger partial charge in [-0.15, -0.1) is 0 Å². The summed E-state index contributed by atoms with van der Waals surface area (Å²) in [5.41, 5.74) is 3.31. The Balaban J connectivity index is 1.73. The standard InChI is InChI=1S/C24H23NO5/c1-16-5-4-6-21(13-16)30-15-19-14-18(9-12-22(19)28-2)23(26)25-20-10-7-17(8-11-20)24(27)29-3/h4-14H,15H2,1-3H3,(H,25,26). The van der Waals surface area contributed by atoms with Crippen molar-refractivity contribution in [2.24, 2.45) is 0 Å². The molecule has 1 amide bonds. The highest BCUT2D eigenvalue weighted by Gasteiger charge is 2.12. The van der Waals surface area contributed by atoms with Crippen molar-refractivity contribution in [3.8, 4) is 11.5 Å². The maximum Gasteiger partial charge on any atom is 0.337 e. The van der Waals surface area contributed by atoms with Gasteiger partial charge in [0.2, 0.25) is 0 Å². The van der Waals surface area contributed by atoms with Gasteiger partial charge in [0.05, 0.1) is 19.8 Å². The lowest BCUT2D eigenvalue weighted by Crippen LogP contribution is -2.13. The van der Waals surface area contributed by atoms with Gasteiger partial charge in [-0.2, -0.15) is 0 Å². The lowest BCUT2D eigenvalue weighted by Gasteiger charge is -2.13. The number of hydrogen-bond donors (Lipinski definition) is 1. The van der Waals surface area contributed by atoms with Gasteiger partial charge in [-0.25, -0.2) is 4.79 Å². The SMILES string of the molecule is COC(=O)c1ccc(NC(=O)c2ccc(OC)c(COc3cccc(C)c3)c2)cc1. The first-order valence-corrected chi connectivity index (χ1v) is 9.36. The number of nitrogens with one attached hydrogen (secondary N) is 1. The maximum atomic E-state index is 12.7. The van der Waals surface area contributed by atoms with Gasteiger partial charge >= 0.3 is 5.97 Å². The minimum Gasteiger partial charge on any atom is -0.496 e. The van der Waals surface area contributed by atoms with Gasteiger partial charge in [-0.1, -0.05) is 12.1 Å². The number of esters is 1. The van der Waals surface area contributed by atoms with Crippen molar-refractivity contribution in [3.63, 3.8) is 0 Å². The van der Waals surface area contributed by atoms with E-state index in [-0.39, 0.29) is 12.5 Å². The number of ether oxygens (including phenoxy) is 3. The first-order valence-electron chi connectivity index (χ1n) is 9.36. The van der Waals surface area contributed by atoms with Crippen molar-refractivity contribution < 1.29 is 23.8 Å². The molecular formula is C24H23NO5. The summed E-state index contributed by atoms with van der Waals surface area (Å²) in [6.45, 7) is 2.26. The van der Waals surface area contributed by atoms with Crippen LogP contribution in [0.3, 0.4) is 0 Å². The van der Waals surface area contributed by atoms with E-state index in [1.807, 2.05) is 31.2 Å². The zero-order valence-corrected chi connectivity index (χ0v) is 17.1. The van der Waals surface area contributed by atoms with E-state index >= 15 is 0 Å². The van der Waals surface area contributed by atoms with Crippen LogP contribution in [-0.4, -0.2) is 26.1 Å². The average Bonchev–Trinajstić information content (AvgIpc) is 2.77. The van der Waals surface area contributed by atoms with Crippen molar-refractivity contribution in [2.45, 2.75) is 13.5 Å². The van der Waals surface area contributed by atoms with Gasteiger partial charge < -0.3 is 19.5 Å². The molecule has 0 aromatic heterocycles. The van der Waals surface area contributed by atoms with Crippen LogP contribution >= 0.6 is 0 Å². The second-order valence-corrected chi connectivity index (χ2v) is 6.65. The minimum atomic E-state index is -0.429. The van der Waals surface area contributed by atoms with Crippen LogP contribution in [0, 0.1) is 6.92 Å². The number of benzene rings is 3. The molecule has 0 atom stereocenters. The molecule has 0 saturated heterocycles. The molecule has 0 aliphatic carbocycles. The van der Waals surface area contributed by atoms with Crippen LogP contribution in [0.5, 0.6) is 11.5 Å².